The van der Waals surface area contributed by atoms with Crippen molar-refractivity contribution in [2.45, 2.75) is 64.9 Å². The fourth-order valence-corrected chi connectivity index (χ4v) is 2.35. The molecule has 114 valence electrons. The minimum Gasteiger partial charge on any atom is -0.462 e. The number of carbonyl (C=O) groups excluding carboxylic acids is 2. The van der Waals surface area contributed by atoms with Crippen molar-refractivity contribution in [2.75, 3.05) is 0 Å². The number of amides is 2. The fraction of sp³-hybridized carbons (Fsp3) is 0.786. The quantitative estimate of drug-likeness (QED) is 0.310. The van der Waals surface area contributed by atoms with Crippen LogP contribution in [-0.4, -0.2) is 23.8 Å². The normalized spacial score (nSPS) is 22.7. The van der Waals surface area contributed by atoms with Crippen molar-refractivity contribution in [1.82, 2.24) is 5.43 Å². The van der Waals surface area contributed by atoms with E-state index in [0.717, 1.165) is 25.0 Å². The second-order valence-corrected chi connectivity index (χ2v) is 5.35. The molecule has 1 aliphatic heterocycles. The minimum absolute atomic E-state index is 0.0413. The Morgan fingerprint density at radius 3 is 2.85 bits per heavy atom. The molecule has 0 radical (unpaired) electrons. The second-order valence-electron chi connectivity index (χ2n) is 5.35. The van der Waals surface area contributed by atoms with Crippen LogP contribution < -0.4 is 11.2 Å². The first-order valence-electron chi connectivity index (χ1n) is 7.32. The Kier molecular flexibility index (Phi) is 7.04. The molecule has 0 spiro atoms. The molecule has 0 bridgehead atoms. The van der Waals surface area contributed by atoms with Crippen LogP contribution in [0.25, 0.3) is 0 Å². The molecule has 2 amide bonds. The van der Waals surface area contributed by atoms with Crippen LogP contribution in [-0.2, 0) is 9.53 Å². The largest absolute Gasteiger partial charge is 0.462 e. The molecule has 20 heavy (non-hydrogen) atoms. The number of cyclic esters (lactones) is 1. The summed E-state index contributed by atoms with van der Waals surface area (Å²) in [4.78, 5) is 22.3. The van der Waals surface area contributed by atoms with Crippen molar-refractivity contribution in [3.8, 4) is 0 Å². The van der Waals surface area contributed by atoms with E-state index >= 15 is 0 Å². The van der Waals surface area contributed by atoms with Gasteiger partial charge in [-0.1, -0.05) is 19.8 Å². The van der Waals surface area contributed by atoms with Gasteiger partial charge in [0.25, 0.3) is 0 Å². The third kappa shape index (κ3) is 6.04. The molecule has 0 aliphatic carbocycles. The average Bonchev–Trinajstić information content (AvgIpc) is 2.75. The summed E-state index contributed by atoms with van der Waals surface area (Å²) in [6, 6.07) is -0.680. The van der Waals surface area contributed by atoms with Gasteiger partial charge in [-0.2, -0.15) is 5.10 Å². The van der Waals surface area contributed by atoms with Crippen molar-refractivity contribution in [3.05, 3.63) is 0 Å². The molecule has 0 aromatic heterocycles. The van der Waals surface area contributed by atoms with Gasteiger partial charge in [0.15, 0.2) is 0 Å². The van der Waals surface area contributed by atoms with E-state index in [1.807, 2.05) is 0 Å². The van der Waals surface area contributed by atoms with E-state index < -0.39 is 6.03 Å². The van der Waals surface area contributed by atoms with E-state index in [1.165, 1.54) is 12.8 Å². The van der Waals surface area contributed by atoms with E-state index in [4.69, 9.17) is 10.5 Å². The Morgan fingerprint density at radius 1 is 1.45 bits per heavy atom. The van der Waals surface area contributed by atoms with Crippen LogP contribution in [0, 0.1) is 5.92 Å². The zero-order valence-electron chi connectivity index (χ0n) is 12.4. The molecular formula is C14H25N3O3. The predicted octanol–water partition coefficient (Wildman–Crippen LogP) is 2.32. The number of ether oxygens (including phenoxy) is 1. The van der Waals surface area contributed by atoms with Gasteiger partial charge in [-0.3, -0.25) is 4.79 Å². The monoisotopic (exact) mass is 283 g/mol. The predicted molar refractivity (Wildman–Crippen MR) is 77.2 cm³/mol. The number of nitrogens with two attached hydrogens (primary N) is 1. The number of esters is 1. The van der Waals surface area contributed by atoms with Crippen molar-refractivity contribution in [1.29, 1.82) is 0 Å². The van der Waals surface area contributed by atoms with E-state index in [0.29, 0.717) is 12.8 Å². The lowest BCUT2D eigenvalue weighted by Gasteiger charge is -2.07. The number of hydrazone groups is 1. The Morgan fingerprint density at radius 2 is 2.20 bits per heavy atom. The smallest absolute Gasteiger partial charge is 0.332 e. The summed E-state index contributed by atoms with van der Waals surface area (Å²) in [7, 11) is 0. The van der Waals surface area contributed by atoms with Crippen LogP contribution in [0.1, 0.15) is 58.8 Å². The van der Waals surface area contributed by atoms with E-state index in [1.54, 1.807) is 6.92 Å². The van der Waals surface area contributed by atoms with Gasteiger partial charge in [-0.15, -0.1) is 0 Å². The molecular weight excluding hydrogens is 258 g/mol. The first kappa shape index (κ1) is 16.5. The van der Waals surface area contributed by atoms with Crippen LogP contribution in [0.5, 0.6) is 0 Å². The molecule has 0 aromatic carbocycles. The van der Waals surface area contributed by atoms with Gasteiger partial charge in [0.1, 0.15) is 6.10 Å². The molecule has 1 heterocycles. The average molecular weight is 283 g/mol. The second kappa shape index (κ2) is 8.55. The van der Waals surface area contributed by atoms with Gasteiger partial charge in [0.05, 0.1) is 5.92 Å². The lowest BCUT2D eigenvalue weighted by molar-refractivity contribution is -0.144. The molecule has 3 N–H and O–H groups in total. The van der Waals surface area contributed by atoms with E-state index in [9.17, 15) is 9.59 Å². The van der Waals surface area contributed by atoms with Gasteiger partial charge in [0, 0.05) is 5.71 Å². The van der Waals surface area contributed by atoms with Crippen LogP contribution in [0.15, 0.2) is 5.10 Å². The summed E-state index contributed by atoms with van der Waals surface area (Å²) in [6.45, 7) is 3.96. The molecule has 1 rings (SSSR count). The highest BCUT2D eigenvalue weighted by Gasteiger charge is 2.33. The molecule has 1 fully saturated rings. The number of primary amides is 1. The van der Waals surface area contributed by atoms with Crippen LogP contribution in [0.4, 0.5) is 4.79 Å². The molecule has 2 atom stereocenters. The number of urea groups is 1. The molecule has 0 aromatic rings. The lowest BCUT2D eigenvalue weighted by atomic mass is 9.96. The van der Waals surface area contributed by atoms with Crippen molar-refractivity contribution in [3.63, 3.8) is 0 Å². The maximum absolute atomic E-state index is 11.7. The topological polar surface area (TPSA) is 93.8 Å². The van der Waals surface area contributed by atoms with Crippen molar-refractivity contribution in [2.24, 2.45) is 16.8 Å². The standard InChI is InChI=1S/C14H25N3O3/c1-3-4-5-6-12-9-11(13(18)20-12)8-7-10(2)16-17-14(15)19/h11-12H,3-9H2,1-2H3,(H3,15,17,19). The number of carbonyl (C=O) groups is 2. The number of unbranched alkanes of at least 4 members (excludes halogenated alkanes) is 2. The van der Waals surface area contributed by atoms with Gasteiger partial charge < -0.3 is 10.5 Å². The molecule has 2 unspecified atom stereocenters. The van der Waals surface area contributed by atoms with Crippen LogP contribution in [0.3, 0.4) is 0 Å². The van der Waals surface area contributed by atoms with Crippen molar-refractivity contribution >= 4 is 17.7 Å². The summed E-state index contributed by atoms with van der Waals surface area (Å²) in [5.74, 6) is -0.137. The molecule has 6 heteroatoms. The SMILES string of the molecule is CCCCCC1CC(CCC(C)=NNC(N)=O)C(=O)O1. The maximum atomic E-state index is 11.7. The zero-order chi connectivity index (χ0) is 15.0. The summed E-state index contributed by atoms with van der Waals surface area (Å²) in [5, 5.41) is 3.83. The number of hydrogen-bond acceptors (Lipinski definition) is 4. The first-order valence-corrected chi connectivity index (χ1v) is 7.32. The van der Waals surface area contributed by atoms with E-state index in [-0.39, 0.29) is 18.0 Å². The Bertz CT molecular complexity index is 369. The van der Waals surface area contributed by atoms with Gasteiger partial charge in [-0.05, 0) is 39.0 Å². The Labute approximate surface area is 120 Å². The number of hydrogen-bond donors (Lipinski definition) is 2. The zero-order valence-corrected chi connectivity index (χ0v) is 12.4. The fourth-order valence-electron chi connectivity index (χ4n) is 2.35. The van der Waals surface area contributed by atoms with E-state index in [2.05, 4.69) is 17.5 Å². The molecule has 0 saturated carbocycles. The minimum atomic E-state index is -0.680. The Hall–Kier alpha value is -1.59. The van der Waals surface area contributed by atoms with Crippen LogP contribution in [0.2, 0.25) is 0 Å². The maximum Gasteiger partial charge on any atom is 0.332 e. The highest BCUT2D eigenvalue weighted by atomic mass is 16.5. The van der Waals surface area contributed by atoms with Gasteiger partial charge in [-0.25, -0.2) is 10.2 Å². The summed E-state index contributed by atoms with van der Waals surface area (Å²) in [5.41, 5.74) is 7.87. The molecule has 1 aliphatic rings. The summed E-state index contributed by atoms with van der Waals surface area (Å²) >= 11 is 0. The Balaban J connectivity index is 2.28. The number of nitrogens with one attached hydrogen (secondary N) is 1. The highest BCUT2D eigenvalue weighted by molar-refractivity contribution is 5.84. The van der Waals surface area contributed by atoms with Crippen molar-refractivity contribution < 1.29 is 14.3 Å². The summed E-state index contributed by atoms with van der Waals surface area (Å²) in [6.07, 6.45) is 6.69. The third-order valence-corrected chi connectivity index (χ3v) is 3.50. The summed E-state index contributed by atoms with van der Waals surface area (Å²) < 4.78 is 5.38. The number of rotatable bonds is 8. The molecule has 6 nitrogen and oxygen atoms in total. The first-order chi connectivity index (χ1) is 9.52. The van der Waals surface area contributed by atoms with Gasteiger partial charge in [0.2, 0.25) is 0 Å². The van der Waals surface area contributed by atoms with Crippen LogP contribution >= 0.6 is 0 Å². The third-order valence-electron chi connectivity index (χ3n) is 3.50. The lowest BCUT2D eigenvalue weighted by Crippen LogP contribution is -2.25. The number of nitrogens with zero attached hydrogens (tertiary/aromatic N) is 1. The molecule has 1 saturated heterocycles. The highest BCUT2D eigenvalue weighted by Crippen LogP contribution is 2.28. The van der Waals surface area contributed by atoms with Gasteiger partial charge >= 0.3 is 12.0 Å².